The van der Waals surface area contributed by atoms with Gasteiger partial charge in [0.1, 0.15) is 5.82 Å². The normalized spacial score (nSPS) is 16.7. The predicted octanol–water partition coefficient (Wildman–Crippen LogP) is -0.341. The van der Waals surface area contributed by atoms with Gasteiger partial charge in [-0.25, -0.2) is 4.68 Å². The van der Waals surface area contributed by atoms with E-state index in [0.29, 0.717) is 17.9 Å². The third-order valence-corrected chi connectivity index (χ3v) is 3.65. The summed E-state index contributed by atoms with van der Waals surface area (Å²) in [5.74, 6) is 0.464. The molecule has 1 aromatic heterocycles. The van der Waals surface area contributed by atoms with Crippen LogP contribution in [0.2, 0.25) is 0 Å². The first-order chi connectivity index (χ1) is 9.08. The van der Waals surface area contributed by atoms with E-state index in [2.05, 4.69) is 10.00 Å². The van der Waals surface area contributed by atoms with Gasteiger partial charge >= 0.3 is 0 Å². The second-order valence-corrected chi connectivity index (χ2v) is 4.96. The van der Waals surface area contributed by atoms with Gasteiger partial charge in [0.15, 0.2) is 4.77 Å². The predicted molar refractivity (Wildman–Crippen MR) is 71.9 cm³/mol. The van der Waals surface area contributed by atoms with Crippen LogP contribution in [0.15, 0.2) is 0 Å². The summed E-state index contributed by atoms with van der Waals surface area (Å²) < 4.78 is 9.59. The van der Waals surface area contributed by atoms with Gasteiger partial charge in [0.2, 0.25) is 5.91 Å². The highest BCUT2D eigenvalue weighted by molar-refractivity contribution is 7.71. The van der Waals surface area contributed by atoms with Gasteiger partial charge < -0.3 is 15.0 Å². The lowest BCUT2D eigenvalue weighted by Crippen LogP contribution is -2.37. The summed E-state index contributed by atoms with van der Waals surface area (Å²) in [6.07, 6.45) is 0.808. The van der Waals surface area contributed by atoms with Crippen LogP contribution in [0.3, 0.4) is 0 Å². The lowest BCUT2D eigenvalue weighted by molar-refractivity contribution is -0.118. The Labute approximate surface area is 116 Å². The molecule has 0 spiro atoms. The molecule has 106 valence electrons. The van der Waals surface area contributed by atoms with Crippen LogP contribution in [-0.2, 0) is 29.7 Å². The molecule has 0 bridgehead atoms. The largest absolute Gasteiger partial charge is 0.379 e. The van der Waals surface area contributed by atoms with E-state index in [1.54, 1.807) is 4.68 Å². The Balaban J connectivity index is 2.06. The molecule has 2 rings (SSSR count). The average Bonchev–Trinajstić information content (AvgIpc) is 2.66. The molecule has 8 heteroatoms. The van der Waals surface area contributed by atoms with E-state index in [4.69, 9.17) is 22.7 Å². The second-order valence-electron chi connectivity index (χ2n) is 4.60. The smallest absolute Gasteiger partial charge is 0.217 e. The maximum atomic E-state index is 10.8. The number of hydrogen-bond donors (Lipinski definition) is 1. The SMILES string of the molecule is Cn1c(CCC(N)=O)nn(CN2CCOCC2)c1=S. The summed E-state index contributed by atoms with van der Waals surface area (Å²) in [6, 6.07) is 0. The number of rotatable bonds is 5. The van der Waals surface area contributed by atoms with Crippen molar-refractivity contribution in [2.75, 3.05) is 26.3 Å². The van der Waals surface area contributed by atoms with Gasteiger partial charge in [0.05, 0.1) is 19.9 Å². The number of morpholine rings is 1. The average molecular weight is 285 g/mol. The fraction of sp³-hybridized carbons (Fsp3) is 0.727. The minimum atomic E-state index is -0.325. The minimum absolute atomic E-state index is 0.289. The Morgan fingerprint density at radius 2 is 2.16 bits per heavy atom. The zero-order valence-corrected chi connectivity index (χ0v) is 11.9. The Kier molecular flexibility index (Phi) is 4.67. The number of carbonyl (C=O) groups is 1. The molecular formula is C11H19N5O2S. The first-order valence-corrected chi connectivity index (χ1v) is 6.70. The van der Waals surface area contributed by atoms with Gasteiger partial charge in [-0.3, -0.25) is 9.69 Å². The molecule has 0 saturated carbocycles. The Morgan fingerprint density at radius 3 is 2.79 bits per heavy atom. The maximum Gasteiger partial charge on any atom is 0.217 e. The minimum Gasteiger partial charge on any atom is -0.379 e. The van der Waals surface area contributed by atoms with Crippen molar-refractivity contribution in [2.24, 2.45) is 12.8 Å². The number of aryl methyl sites for hydroxylation is 1. The maximum absolute atomic E-state index is 10.8. The fourth-order valence-corrected chi connectivity index (χ4v) is 2.21. The molecule has 1 saturated heterocycles. The summed E-state index contributed by atoms with van der Waals surface area (Å²) in [6.45, 7) is 3.92. The molecule has 0 radical (unpaired) electrons. The number of amides is 1. The monoisotopic (exact) mass is 285 g/mol. The quantitative estimate of drug-likeness (QED) is 0.749. The van der Waals surface area contributed by atoms with Crippen LogP contribution in [0, 0.1) is 4.77 Å². The van der Waals surface area contributed by atoms with Gasteiger partial charge in [-0.15, -0.1) is 0 Å². The first kappa shape index (κ1) is 14.2. The third kappa shape index (κ3) is 3.62. The molecule has 1 aliphatic rings. The van der Waals surface area contributed by atoms with Crippen LogP contribution in [-0.4, -0.2) is 51.5 Å². The molecule has 7 nitrogen and oxygen atoms in total. The van der Waals surface area contributed by atoms with Crippen LogP contribution in [0.25, 0.3) is 0 Å². The first-order valence-electron chi connectivity index (χ1n) is 6.29. The number of ether oxygens (including phenoxy) is 1. The molecule has 1 aliphatic heterocycles. The van der Waals surface area contributed by atoms with Crippen molar-refractivity contribution < 1.29 is 9.53 Å². The van der Waals surface area contributed by atoms with E-state index in [1.807, 2.05) is 11.6 Å². The van der Waals surface area contributed by atoms with Crippen molar-refractivity contribution in [2.45, 2.75) is 19.5 Å². The summed E-state index contributed by atoms with van der Waals surface area (Å²) in [7, 11) is 1.86. The van der Waals surface area contributed by atoms with E-state index in [-0.39, 0.29) is 12.3 Å². The highest BCUT2D eigenvalue weighted by Crippen LogP contribution is 2.05. The Morgan fingerprint density at radius 1 is 1.47 bits per heavy atom. The Hall–Kier alpha value is -1.25. The van der Waals surface area contributed by atoms with Crippen LogP contribution in [0.5, 0.6) is 0 Å². The van der Waals surface area contributed by atoms with E-state index in [0.717, 1.165) is 32.1 Å². The van der Waals surface area contributed by atoms with Crippen molar-refractivity contribution in [3.8, 4) is 0 Å². The zero-order chi connectivity index (χ0) is 13.8. The number of nitrogens with two attached hydrogens (primary N) is 1. The molecular weight excluding hydrogens is 266 g/mol. The summed E-state index contributed by atoms with van der Waals surface area (Å²) >= 11 is 5.35. The summed E-state index contributed by atoms with van der Waals surface area (Å²) in [5.41, 5.74) is 5.15. The van der Waals surface area contributed by atoms with Crippen LogP contribution < -0.4 is 5.73 Å². The molecule has 2 N–H and O–H groups in total. The molecule has 0 aromatic carbocycles. The Bertz CT molecular complexity index is 504. The molecule has 19 heavy (non-hydrogen) atoms. The van der Waals surface area contributed by atoms with Gasteiger partial charge in [0.25, 0.3) is 0 Å². The highest BCUT2D eigenvalue weighted by atomic mass is 32.1. The van der Waals surface area contributed by atoms with E-state index >= 15 is 0 Å². The van der Waals surface area contributed by atoms with Crippen molar-refractivity contribution in [1.82, 2.24) is 19.2 Å². The van der Waals surface area contributed by atoms with Crippen molar-refractivity contribution in [3.63, 3.8) is 0 Å². The molecule has 1 amide bonds. The number of nitrogens with zero attached hydrogens (tertiary/aromatic N) is 4. The van der Waals surface area contributed by atoms with E-state index in [1.165, 1.54) is 0 Å². The third-order valence-electron chi connectivity index (χ3n) is 3.16. The van der Waals surface area contributed by atoms with Crippen molar-refractivity contribution >= 4 is 18.1 Å². The van der Waals surface area contributed by atoms with Gasteiger partial charge in [0, 0.05) is 33.0 Å². The van der Waals surface area contributed by atoms with Crippen molar-refractivity contribution in [1.29, 1.82) is 0 Å². The van der Waals surface area contributed by atoms with Gasteiger partial charge in [-0.2, -0.15) is 5.10 Å². The van der Waals surface area contributed by atoms with Crippen molar-refractivity contribution in [3.05, 3.63) is 10.6 Å². The molecule has 1 fully saturated rings. The molecule has 0 unspecified atom stereocenters. The highest BCUT2D eigenvalue weighted by Gasteiger charge is 2.14. The lowest BCUT2D eigenvalue weighted by Gasteiger charge is -2.26. The number of carbonyl (C=O) groups excluding carboxylic acids is 1. The number of hydrogen-bond acceptors (Lipinski definition) is 5. The van der Waals surface area contributed by atoms with Crippen LogP contribution in [0.4, 0.5) is 0 Å². The van der Waals surface area contributed by atoms with Gasteiger partial charge in [-0.05, 0) is 12.2 Å². The number of primary amides is 1. The van der Waals surface area contributed by atoms with Crippen LogP contribution >= 0.6 is 12.2 Å². The van der Waals surface area contributed by atoms with Gasteiger partial charge in [-0.1, -0.05) is 0 Å². The second kappa shape index (κ2) is 6.27. The summed E-state index contributed by atoms with van der Waals surface area (Å²) in [4.78, 5) is 13.1. The fourth-order valence-electron chi connectivity index (χ4n) is 2.01. The molecule has 0 aliphatic carbocycles. The van der Waals surface area contributed by atoms with E-state index < -0.39 is 0 Å². The molecule has 2 heterocycles. The topological polar surface area (TPSA) is 78.3 Å². The van der Waals surface area contributed by atoms with E-state index in [9.17, 15) is 4.79 Å². The number of aromatic nitrogens is 3. The standard InChI is InChI=1S/C11H19N5O2S/c1-14-10(3-2-9(12)17)13-16(11(14)19)8-15-4-6-18-7-5-15/h2-8H2,1H3,(H2,12,17). The van der Waals surface area contributed by atoms with Crippen LogP contribution in [0.1, 0.15) is 12.2 Å². The summed E-state index contributed by atoms with van der Waals surface area (Å²) in [5, 5.41) is 4.46. The molecule has 1 aromatic rings. The molecule has 0 atom stereocenters. The zero-order valence-electron chi connectivity index (χ0n) is 11.0. The lowest BCUT2D eigenvalue weighted by atomic mass is 10.3.